The molecule has 4 nitrogen and oxygen atoms in total. The number of rotatable bonds is 2. The number of phenols is 1. The molecule has 0 atom stereocenters. The molecular formula is C13H17NO3. The molecule has 0 spiro atoms. The van der Waals surface area contributed by atoms with Crippen molar-refractivity contribution in [3.05, 3.63) is 29.3 Å². The molecular weight excluding hydrogens is 218 g/mol. The Kier molecular flexibility index (Phi) is 2.83. The molecule has 1 aliphatic heterocycles. The number of carbonyl (C=O) groups is 1. The summed E-state index contributed by atoms with van der Waals surface area (Å²) >= 11 is 0. The van der Waals surface area contributed by atoms with Crippen LogP contribution >= 0.6 is 0 Å². The van der Waals surface area contributed by atoms with Gasteiger partial charge in [-0.3, -0.25) is 4.79 Å². The highest BCUT2D eigenvalue weighted by Gasteiger charge is 2.42. The number of benzene rings is 1. The summed E-state index contributed by atoms with van der Waals surface area (Å²) in [5, 5.41) is 19.4. The number of aromatic hydroxyl groups is 1. The minimum atomic E-state index is -0.722. The minimum Gasteiger partial charge on any atom is -0.508 e. The van der Waals surface area contributed by atoms with Gasteiger partial charge in [-0.1, -0.05) is 13.0 Å². The maximum absolute atomic E-state index is 12.1. The Hall–Kier alpha value is -1.55. The Balaban J connectivity index is 2.15. The van der Waals surface area contributed by atoms with Gasteiger partial charge < -0.3 is 15.1 Å². The van der Waals surface area contributed by atoms with Crippen molar-refractivity contribution in [2.45, 2.75) is 25.9 Å². The first-order valence-corrected chi connectivity index (χ1v) is 5.77. The van der Waals surface area contributed by atoms with E-state index in [9.17, 15) is 15.0 Å². The molecule has 1 aromatic carbocycles. The SMILES string of the molecule is CCC1(O)CN(C(=O)c2cccc(O)c2C)C1. The first kappa shape index (κ1) is 11.9. The number of phenolic OH excluding ortho intramolecular Hbond substituents is 1. The standard InChI is InChI=1S/C13H17NO3/c1-3-13(17)7-14(8-13)12(16)10-5-4-6-11(15)9(10)2/h4-6,15,17H,3,7-8H2,1-2H3. The summed E-state index contributed by atoms with van der Waals surface area (Å²) < 4.78 is 0. The molecule has 0 saturated carbocycles. The second kappa shape index (κ2) is 4.04. The normalized spacial score (nSPS) is 17.7. The van der Waals surface area contributed by atoms with E-state index in [4.69, 9.17) is 0 Å². The lowest BCUT2D eigenvalue weighted by Crippen LogP contribution is -2.63. The first-order chi connectivity index (χ1) is 7.97. The van der Waals surface area contributed by atoms with Crippen molar-refractivity contribution in [3.8, 4) is 5.75 Å². The highest BCUT2D eigenvalue weighted by molar-refractivity contribution is 5.96. The Morgan fingerprint density at radius 3 is 2.71 bits per heavy atom. The van der Waals surface area contributed by atoms with Crippen LogP contribution in [0.4, 0.5) is 0 Å². The number of aliphatic hydroxyl groups is 1. The highest BCUT2D eigenvalue weighted by atomic mass is 16.3. The Bertz CT molecular complexity index is 450. The molecule has 0 radical (unpaired) electrons. The smallest absolute Gasteiger partial charge is 0.254 e. The third-order valence-corrected chi connectivity index (χ3v) is 3.45. The van der Waals surface area contributed by atoms with E-state index in [1.54, 1.807) is 30.0 Å². The maximum Gasteiger partial charge on any atom is 0.254 e. The fourth-order valence-electron chi connectivity index (χ4n) is 2.06. The summed E-state index contributed by atoms with van der Waals surface area (Å²) in [5.41, 5.74) is 0.369. The summed E-state index contributed by atoms with van der Waals surface area (Å²) in [6.07, 6.45) is 0.649. The molecule has 1 fully saturated rings. The number of hydrogen-bond donors (Lipinski definition) is 2. The van der Waals surface area contributed by atoms with E-state index in [-0.39, 0.29) is 11.7 Å². The van der Waals surface area contributed by atoms with Crippen molar-refractivity contribution in [2.75, 3.05) is 13.1 Å². The van der Waals surface area contributed by atoms with Crippen LogP contribution in [0, 0.1) is 6.92 Å². The Morgan fingerprint density at radius 2 is 2.12 bits per heavy atom. The van der Waals surface area contributed by atoms with Crippen molar-refractivity contribution in [3.63, 3.8) is 0 Å². The minimum absolute atomic E-state index is 0.127. The maximum atomic E-state index is 12.1. The second-order valence-corrected chi connectivity index (χ2v) is 4.69. The number of nitrogens with zero attached hydrogens (tertiary/aromatic N) is 1. The first-order valence-electron chi connectivity index (χ1n) is 5.77. The van der Waals surface area contributed by atoms with Gasteiger partial charge in [0, 0.05) is 11.1 Å². The Labute approximate surface area is 100 Å². The van der Waals surface area contributed by atoms with Crippen LogP contribution in [-0.4, -0.2) is 39.7 Å². The van der Waals surface area contributed by atoms with Crippen LogP contribution < -0.4 is 0 Å². The molecule has 2 N–H and O–H groups in total. The van der Waals surface area contributed by atoms with Crippen LogP contribution in [0.3, 0.4) is 0 Å². The molecule has 1 aromatic rings. The van der Waals surface area contributed by atoms with Gasteiger partial charge in [0.25, 0.3) is 5.91 Å². The third kappa shape index (κ3) is 2.00. The molecule has 4 heteroatoms. The molecule has 1 amide bonds. The van der Waals surface area contributed by atoms with E-state index >= 15 is 0 Å². The van der Waals surface area contributed by atoms with Gasteiger partial charge in [0.1, 0.15) is 5.75 Å². The van der Waals surface area contributed by atoms with Gasteiger partial charge in [0.15, 0.2) is 0 Å². The van der Waals surface area contributed by atoms with Crippen molar-refractivity contribution in [2.24, 2.45) is 0 Å². The van der Waals surface area contributed by atoms with Crippen molar-refractivity contribution in [1.82, 2.24) is 4.90 Å². The zero-order valence-corrected chi connectivity index (χ0v) is 10.1. The zero-order valence-electron chi connectivity index (χ0n) is 10.1. The quantitative estimate of drug-likeness (QED) is 0.812. The summed E-state index contributed by atoms with van der Waals surface area (Å²) in [6.45, 7) is 4.37. The number of hydrogen-bond acceptors (Lipinski definition) is 3. The summed E-state index contributed by atoms with van der Waals surface area (Å²) in [6, 6.07) is 4.91. The van der Waals surface area contributed by atoms with Crippen molar-refractivity contribution in [1.29, 1.82) is 0 Å². The molecule has 0 unspecified atom stereocenters. The molecule has 2 rings (SSSR count). The number of likely N-dealkylation sites (tertiary alicyclic amines) is 1. The van der Waals surface area contributed by atoms with Crippen molar-refractivity contribution < 1.29 is 15.0 Å². The third-order valence-electron chi connectivity index (χ3n) is 3.45. The molecule has 1 aliphatic rings. The molecule has 0 aromatic heterocycles. The van der Waals surface area contributed by atoms with Gasteiger partial charge in [-0.2, -0.15) is 0 Å². The Morgan fingerprint density at radius 1 is 1.47 bits per heavy atom. The number of β-amino-alcohol motifs (C(OH)–C–C–N with tert-alkyl or cyclic N) is 1. The van der Waals surface area contributed by atoms with E-state index in [0.29, 0.717) is 30.6 Å². The predicted molar refractivity (Wildman–Crippen MR) is 64.0 cm³/mol. The molecule has 92 valence electrons. The lowest BCUT2D eigenvalue weighted by Gasteiger charge is -2.46. The highest BCUT2D eigenvalue weighted by Crippen LogP contribution is 2.28. The molecule has 0 bridgehead atoms. The average molecular weight is 235 g/mol. The fourth-order valence-corrected chi connectivity index (χ4v) is 2.06. The predicted octanol–water partition coefficient (Wildman–Crippen LogP) is 1.30. The van der Waals surface area contributed by atoms with E-state index in [1.165, 1.54) is 0 Å². The summed E-state index contributed by atoms with van der Waals surface area (Å²) in [4.78, 5) is 13.7. The molecule has 1 saturated heterocycles. The van der Waals surface area contributed by atoms with Gasteiger partial charge in [0.2, 0.25) is 0 Å². The van der Waals surface area contributed by atoms with Crippen molar-refractivity contribution >= 4 is 5.91 Å². The topological polar surface area (TPSA) is 60.8 Å². The fraction of sp³-hybridized carbons (Fsp3) is 0.462. The van der Waals surface area contributed by atoms with Gasteiger partial charge in [-0.25, -0.2) is 0 Å². The zero-order chi connectivity index (χ0) is 12.6. The van der Waals surface area contributed by atoms with Crippen LogP contribution in [0.25, 0.3) is 0 Å². The number of amides is 1. The van der Waals surface area contributed by atoms with Crippen LogP contribution in [0.2, 0.25) is 0 Å². The monoisotopic (exact) mass is 235 g/mol. The second-order valence-electron chi connectivity index (χ2n) is 4.69. The van der Waals surface area contributed by atoms with Crippen LogP contribution in [0.1, 0.15) is 29.3 Å². The van der Waals surface area contributed by atoms with Crippen LogP contribution in [0.15, 0.2) is 18.2 Å². The van der Waals surface area contributed by atoms with E-state index in [0.717, 1.165) is 0 Å². The van der Waals surface area contributed by atoms with Gasteiger partial charge in [-0.05, 0) is 25.5 Å². The summed E-state index contributed by atoms with van der Waals surface area (Å²) in [5.74, 6) is -0.00125. The van der Waals surface area contributed by atoms with Gasteiger partial charge in [0.05, 0.1) is 18.7 Å². The lowest BCUT2D eigenvalue weighted by molar-refractivity contribution is -0.0826. The van der Waals surface area contributed by atoms with Crippen LogP contribution in [-0.2, 0) is 0 Å². The largest absolute Gasteiger partial charge is 0.508 e. The lowest BCUT2D eigenvalue weighted by atomic mass is 9.90. The molecule has 17 heavy (non-hydrogen) atoms. The van der Waals surface area contributed by atoms with E-state index < -0.39 is 5.60 Å². The van der Waals surface area contributed by atoms with Crippen LogP contribution in [0.5, 0.6) is 5.75 Å². The van der Waals surface area contributed by atoms with E-state index in [1.807, 2.05) is 6.92 Å². The summed E-state index contributed by atoms with van der Waals surface area (Å²) in [7, 11) is 0. The molecule has 1 heterocycles. The molecule has 0 aliphatic carbocycles. The van der Waals surface area contributed by atoms with E-state index in [2.05, 4.69) is 0 Å². The number of carbonyl (C=O) groups excluding carboxylic acids is 1. The average Bonchev–Trinajstić information content (AvgIpc) is 2.28. The van der Waals surface area contributed by atoms with Gasteiger partial charge in [-0.15, -0.1) is 0 Å². The van der Waals surface area contributed by atoms with Gasteiger partial charge >= 0.3 is 0 Å².